The van der Waals surface area contributed by atoms with Crippen molar-refractivity contribution >= 4 is 39.1 Å². The van der Waals surface area contributed by atoms with Crippen LogP contribution >= 0.6 is 15.9 Å². The molecule has 2 amide bonds. The van der Waals surface area contributed by atoms with Gasteiger partial charge in [0, 0.05) is 10.5 Å². The lowest BCUT2D eigenvalue weighted by molar-refractivity contribution is -0.112. The summed E-state index contributed by atoms with van der Waals surface area (Å²) in [4.78, 5) is 24.9. The molecule has 0 aliphatic heterocycles. The molecule has 162 valence electrons. The van der Waals surface area contributed by atoms with Gasteiger partial charge in [0.05, 0.1) is 23.0 Å². The molecule has 0 atom stereocenters. The van der Waals surface area contributed by atoms with Crippen LogP contribution in [-0.2, 0) is 4.79 Å². The topological polar surface area (TPSA) is 111 Å². The van der Waals surface area contributed by atoms with Crippen LogP contribution in [0.25, 0.3) is 0 Å². The van der Waals surface area contributed by atoms with Gasteiger partial charge in [-0.15, -0.1) is 0 Å². The standard InChI is InChI=1S/C21H18BrF2N3O4/c1-10(2)31-18-8-17(26-21(30)13(9-25)11(3)28)16(24)7-12(18)20(29)27-19-14(22)5-4-6-15(19)23/h4-8,10,28H,1-3H3,(H,26,30)(H,27,29)/b13-11-. The summed E-state index contributed by atoms with van der Waals surface area (Å²) in [5.74, 6) is -4.21. The van der Waals surface area contributed by atoms with E-state index in [1.807, 2.05) is 0 Å². The van der Waals surface area contributed by atoms with Crippen molar-refractivity contribution in [3.63, 3.8) is 0 Å². The lowest BCUT2D eigenvalue weighted by Gasteiger charge is -2.17. The molecule has 31 heavy (non-hydrogen) atoms. The van der Waals surface area contributed by atoms with Gasteiger partial charge in [-0.05, 0) is 54.9 Å². The summed E-state index contributed by atoms with van der Waals surface area (Å²) in [6.07, 6.45) is -0.421. The number of aliphatic hydroxyl groups excluding tert-OH is 1. The van der Waals surface area contributed by atoms with Crippen LogP contribution in [0.2, 0.25) is 0 Å². The third-order valence-corrected chi connectivity index (χ3v) is 4.49. The molecule has 7 nitrogen and oxygen atoms in total. The van der Waals surface area contributed by atoms with E-state index in [1.54, 1.807) is 13.8 Å². The fourth-order valence-corrected chi connectivity index (χ4v) is 2.90. The van der Waals surface area contributed by atoms with Crippen molar-refractivity contribution < 1.29 is 28.2 Å². The molecule has 0 saturated heterocycles. The highest BCUT2D eigenvalue weighted by molar-refractivity contribution is 9.10. The Kier molecular flexibility index (Phi) is 7.72. The van der Waals surface area contributed by atoms with Crippen LogP contribution in [0.5, 0.6) is 5.75 Å². The highest BCUT2D eigenvalue weighted by Crippen LogP contribution is 2.31. The summed E-state index contributed by atoms with van der Waals surface area (Å²) in [5, 5.41) is 22.9. The summed E-state index contributed by atoms with van der Waals surface area (Å²) in [5.41, 5.74) is -1.35. The van der Waals surface area contributed by atoms with E-state index in [4.69, 9.17) is 10.00 Å². The van der Waals surface area contributed by atoms with Crippen LogP contribution in [0.1, 0.15) is 31.1 Å². The summed E-state index contributed by atoms with van der Waals surface area (Å²) in [7, 11) is 0. The number of hydrogen-bond acceptors (Lipinski definition) is 5. The van der Waals surface area contributed by atoms with Gasteiger partial charge in [-0.3, -0.25) is 9.59 Å². The first-order valence-electron chi connectivity index (χ1n) is 8.92. The number of nitrogens with one attached hydrogen (secondary N) is 2. The number of ether oxygens (including phenoxy) is 1. The van der Waals surface area contributed by atoms with Gasteiger partial charge in [0.25, 0.3) is 11.8 Å². The van der Waals surface area contributed by atoms with Crippen LogP contribution in [-0.4, -0.2) is 23.0 Å². The minimum Gasteiger partial charge on any atom is -0.511 e. The molecule has 0 aliphatic carbocycles. The molecule has 3 N–H and O–H groups in total. The predicted molar refractivity (Wildman–Crippen MR) is 114 cm³/mol. The average molecular weight is 494 g/mol. The van der Waals surface area contributed by atoms with Crippen molar-refractivity contribution in [3.05, 3.63) is 63.3 Å². The van der Waals surface area contributed by atoms with Crippen LogP contribution in [0, 0.1) is 23.0 Å². The largest absolute Gasteiger partial charge is 0.511 e. The maximum atomic E-state index is 14.7. The fraction of sp³-hybridized carbons (Fsp3) is 0.190. The van der Waals surface area contributed by atoms with Crippen molar-refractivity contribution in [1.29, 1.82) is 5.26 Å². The van der Waals surface area contributed by atoms with Gasteiger partial charge >= 0.3 is 0 Å². The molecule has 0 unspecified atom stereocenters. The third-order valence-electron chi connectivity index (χ3n) is 3.83. The Bertz CT molecular complexity index is 1090. The number of carbonyl (C=O) groups excluding carboxylic acids is 2. The Balaban J connectivity index is 2.46. The molecule has 0 bridgehead atoms. The number of allylic oxidation sites excluding steroid dienone is 1. The Hall–Kier alpha value is -3.45. The predicted octanol–water partition coefficient (Wildman–Crippen LogP) is 5.06. The minimum atomic E-state index is -1.04. The first kappa shape index (κ1) is 23.8. The number of hydrogen-bond donors (Lipinski definition) is 3. The van der Waals surface area contributed by atoms with E-state index in [9.17, 15) is 23.5 Å². The average Bonchev–Trinajstić information content (AvgIpc) is 2.66. The Morgan fingerprint density at radius 1 is 1.19 bits per heavy atom. The number of aliphatic hydroxyl groups is 1. The molecule has 0 fully saturated rings. The number of carbonyl (C=O) groups is 2. The molecule has 0 spiro atoms. The number of nitrogens with zero attached hydrogens (tertiary/aromatic N) is 1. The molecule has 2 aromatic carbocycles. The zero-order chi connectivity index (χ0) is 23.3. The number of amides is 2. The highest BCUT2D eigenvalue weighted by Gasteiger charge is 2.22. The lowest BCUT2D eigenvalue weighted by Crippen LogP contribution is -2.19. The van der Waals surface area contributed by atoms with Crippen LogP contribution in [0.3, 0.4) is 0 Å². The molecular formula is C21H18BrF2N3O4. The van der Waals surface area contributed by atoms with Gasteiger partial charge in [-0.1, -0.05) is 6.07 Å². The fourth-order valence-electron chi connectivity index (χ4n) is 2.46. The highest BCUT2D eigenvalue weighted by atomic mass is 79.9. The SMILES string of the molecule is C/C(O)=C(\C#N)C(=O)Nc1cc(OC(C)C)c(C(=O)Nc2c(F)cccc2Br)cc1F. The zero-order valence-corrected chi connectivity index (χ0v) is 18.3. The van der Waals surface area contributed by atoms with E-state index in [0.29, 0.717) is 0 Å². The first-order valence-corrected chi connectivity index (χ1v) is 9.71. The maximum absolute atomic E-state index is 14.7. The van der Waals surface area contributed by atoms with Crippen LogP contribution < -0.4 is 15.4 Å². The number of nitriles is 1. The van der Waals surface area contributed by atoms with E-state index in [-0.39, 0.29) is 27.2 Å². The number of halogens is 3. The second-order valence-corrected chi connectivity index (χ2v) is 7.43. The van der Waals surface area contributed by atoms with E-state index in [2.05, 4.69) is 26.6 Å². The molecular weight excluding hydrogens is 476 g/mol. The number of rotatable bonds is 6. The Morgan fingerprint density at radius 2 is 1.87 bits per heavy atom. The molecule has 0 aliphatic rings. The number of para-hydroxylation sites is 1. The molecule has 2 rings (SSSR count). The maximum Gasteiger partial charge on any atom is 0.269 e. The van der Waals surface area contributed by atoms with Crippen molar-refractivity contribution in [2.75, 3.05) is 10.6 Å². The van der Waals surface area contributed by atoms with E-state index in [1.165, 1.54) is 18.2 Å². The monoisotopic (exact) mass is 493 g/mol. The van der Waals surface area contributed by atoms with E-state index >= 15 is 0 Å². The van der Waals surface area contributed by atoms with Crippen LogP contribution in [0.4, 0.5) is 20.2 Å². The summed E-state index contributed by atoms with van der Waals surface area (Å²) in [6, 6.07) is 7.51. The van der Waals surface area contributed by atoms with Gasteiger partial charge < -0.3 is 20.5 Å². The molecule has 0 saturated carbocycles. The zero-order valence-electron chi connectivity index (χ0n) is 16.7. The quantitative estimate of drug-likeness (QED) is 0.295. The minimum absolute atomic E-state index is 0.0835. The van der Waals surface area contributed by atoms with Gasteiger partial charge in [0.2, 0.25) is 0 Å². The Morgan fingerprint density at radius 3 is 2.42 bits per heavy atom. The summed E-state index contributed by atoms with van der Waals surface area (Å²) in [6.45, 7) is 4.47. The molecule has 0 aromatic heterocycles. The van der Waals surface area contributed by atoms with Gasteiger partial charge in [0.1, 0.15) is 29.2 Å². The molecule has 10 heteroatoms. The summed E-state index contributed by atoms with van der Waals surface area (Å²) >= 11 is 3.13. The van der Waals surface area contributed by atoms with Crippen molar-refractivity contribution in [1.82, 2.24) is 0 Å². The van der Waals surface area contributed by atoms with Gasteiger partial charge in [0.15, 0.2) is 5.57 Å². The van der Waals surface area contributed by atoms with Crippen LogP contribution in [0.15, 0.2) is 46.1 Å². The molecule has 2 aromatic rings. The second-order valence-electron chi connectivity index (χ2n) is 6.57. The lowest BCUT2D eigenvalue weighted by atomic mass is 10.1. The van der Waals surface area contributed by atoms with Gasteiger partial charge in [-0.25, -0.2) is 8.78 Å². The van der Waals surface area contributed by atoms with E-state index < -0.39 is 40.9 Å². The smallest absolute Gasteiger partial charge is 0.269 e. The Labute approximate surface area is 185 Å². The first-order chi connectivity index (χ1) is 14.5. The van der Waals surface area contributed by atoms with Crippen molar-refractivity contribution in [2.24, 2.45) is 0 Å². The molecule has 0 heterocycles. The normalized spacial score (nSPS) is 11.4. The summed E-state index contributed by atoms with van der Waals surface area (Å²) < 4.78 is 34.6. The van der Waals surface area contributed by atoms with E-state index in [0.717, 1.165) is 25.1 Å². The van der Waals surface area contributed by atoms with Gasteiger partial charge in [-0.2, -0.15) is 5.26 Å². The second kappa shape index (κ2) is 10.0. The third kappa shape index (κ3) is 5.79. The molecule has 0 radical (unpaired) electrons. The number of anilines is 2. The van der Waals surface area contributed by atoms with Crippen molar-refractivity contribution in [3.8, 4) is 11.8 Å². The number of benzene rings is 2. The van der Waals surface area contributed by atoms with Crippen molar-refractivity contribution in [2.45, 2.75) is 26.9 Å².